The summed E-state index contributed by atoms with van der Waals surface area (Å²) in [4.78, 5) is 4.36. The number of halogens is 1. The SMILES string of the molecule is COc1ccc(S(=O)(=O)NC(C)c2nc(-c3ccc(Cl)cc3)no2)cc1. The van der Waals surface area contributed by atoms with Crippen LogP contribution in [0, 0.1) is 0 Å². The first kappa shape index (κ1) is 18.4. The minimum Gasteiger partial charge on any atom is -0.497 e. The Labute approximate surface area is 156 Å². The lowest BCUT2D eigenvalue weighted by Gasteiger charge is -2.11. The van der Waals surface area contributed by atoms with Crippen LogP contribution in [-0.4, -0.2) is 25.7 Å². The zero-order valence-electron chi connectivity index (χ0n) is 14.0. The average molecular weight is 394 g/mol. The highest BCUT2D eigenvalue weighted by molar-refractivity contribution is 7.89. The number of ether oxygens (including phenoxy) is 1. The lowest BCUT2D eigenvalue weighted by Crippen LogP contribution is -2.27. The second kappa shape index (κ2) is 7.45. The van der Waals surface area contributed by atoms with Crippen molar-refractivity contribution in [1.29, 1.82) is 0 Å². The molecule has 0 spiro atoms. The van der Waals surface area contributed by atoms with Gasteiger partial charge in [-0.15, -0.1) is 0 Å². The molecule has 0 bridgehead atoms. The Balaban J connectivity index is 1.76. The molecule has 0 aliphatic rings. The van der Waals surface area contributed by atoms with Crippen molar-refractivity contribution in [3.05, 3.63) is 59.4 Å². The summed E-state index contributed by atoms with van der Waals surface area (Å²) in [6, 6.07) is 12.3. The van der Waals surface area contributed by atoms with Crippen molar-refractivity contribution < 1.29 is 17.7 Å². The quantitative estimate of drug-likeness (QED) is 0.689. The van der Waals surface area contributed by atoms with Gasteiger partial charge in [-0.05, 0) is 55.5 Å². The zero-order valence-corrected chi connectivity index (χ0v) is 15.6. The maximum absolute atomic E-state index is 12.5. The molecule has 2 aromatic carbocycles. The molecule has 0 fully saturated rings. The third kappa shape index (κ3) is 4.04. The van der Waals surface area contributed by atoms with Crippen molar-refractivity contribution in [3.63, 3.8) is 0 Å². The van der Waals surface area contributed by atoms with Crippen molar-refractivity contribution in [2.75, 3.05) is 7.11 Å². The molecule has 26 heavy (non-hydrogen) atoms. The molecule has 0 amide bonds. The third-order valence-electron chi connectivity index (χ3n) is 3.62. The average Bonchev–Trinajstić information content (AvgIpc) is 3.12. The van der Waals surface area contributed by atoms with E-state index < -0.39 is 16.1 Å². The first-order chi connectivity index (χ1) is 12.4. The molecule has 1 aromatic heterocycles. The molecular weight excluding hydrogens is 378 g/mol. The molecule has 0 saturated heterocycles. The van der Waals surface area contributed by atoms with Gasteiger partial charge in [-0.25, -0.2) is 8.42 Å². The highest BCUT2D eigenvalue weighted by Gasteiger charge is 2.22. The van der Waals surface area contributed by atoms with Crippen molar-refractivity contribution in [3.8, 4) is 17.1 Å². The number of hydrogen-bond acceptors (Lipinski definition) is 6. The Kier molecular flexibility index (Phi) is 5.26. The van der Waals surface area contributed by atoms with E-state index in [0.717, 1.165) is 5.56 Å². The summed E-state index contributed by atoms with van der Waals surface area (Å²) in [5, 5.41) is 4.48. The number of methoxy groups -OCH3 is 1. The lowest BCUT2D eigenvalue weighted by atomic mass is 10.2. The first-order valence-corrected chi connectivity index (χ1v) is 9.51. The van der Waals surface area contributed by atoms with Crippen molar-refractivity contribution in [2.24, 2.45) is 0 Å². The third-order valence-corrected chi connectivity index (χ3v) is 5.42. The van der Waals surface area contributed by atoms with Crippen molar-refractivity contribution in [1.82, 2.24) is 14.9 Å². The van der Waals surface area contributed by atoms with Gasteiger partial charge >= 0.3 is 0 Å². The monoisotopic (exact) mass is 393 g/mol. The molecule has 136 valence electrons. The number of nitrogens with one attached hydrogen (secondary N) is 1. The summed E-state index contributed by atoms with van der Waals surface area (Å²) in [6.07, 6.45) is 0. The van der Waals surface area contributed by atoms with E-state index in [1.165, 1.54) is 19.2 Å². The van der Waals surface area contributed by atoms with E-state index in [9.17, 15) is 8.42 Å². The summed E-state index contributed by atoms with van der Waals surface area (Å²) < 4.78 is 37.7. The number of sulfonamides is 1. The summed E-state index contributed by atoms with van der Waals surface area (Å²) in [7, 11) is -2.23. The molecule has 1 N–H and O–H groups in total. The van der Waals surface area contributed by atoms with E-state index in [1.54, 1.807) is 43.3 Å². The van der Waals surface area contributed by atoms with Gasteiger partial charge < -0.3 is 9.26 Å². The van der Waals surface area contributed by atoms with Crippen LogP contribution in [0.4, 0.5) is 0 Å². The molecule has 1 unspecified atom stereocenters. The number of rotatable bonds is 6. The van der Waals surface area contributed by atoms with Gasteiger partial charge in [-0.1, -0.05) is 16.8 Å². The van der Waals surface area contributed by atoms with E-state index in [1.807, 2.05) is 0 Å². The molecular formula is C17H16ClN3O4S. The van der Waals surface area contributed by atoms with Gasteiger partial charge in [-0.2, -0.15) is 9.71 Å². The first-order valence-electron chi connectivity index (χ1n) is 7.65. The molecule has 9 heteroatoms. The van der Waals surface area contributed by atoms with E-state index in [2.05, 4.69) is 14.9 Å². The van der Waals surface area contributed by atoms with Crippen LogP contribution in [0.25, 0.3) is 11.4 Å². The molecule has 3 rings (SSSR count). The van der Waals surface area contributed by atoms with Gasteiger partial charge in [0.2, 0.25) is 21.7 Å². The Morgan fingerprint density at radius 2 is 1.77 bits per heavy atom. The Bertz CT molecular complexity index is 986. The van der Waals surface area contributed by atoms with Crippen LogP contribution in [0.2, 0.25) is 5.02 Å². The van der Waals surface area contributed by atoms with E-state index in [0.29, 0.717) is 16.6 Å². The molecule has 0 aliphatic carbocycles. The number of hydrogen-bond donors (Lipinski definition) is 1. The van der Waals surface area contributed by atoms with Crippen LogP contribution in [0.3, 0.4) is 0 Å². The van der Waals surface area contributed by atoms with Gasteiger partial charge in [0.15, 0.2) is 0 Å². The predicted molar refractivity (Wildman–Crippen MR) is 96.5 cm³/mol. The molecule has 7 nitrogen and oxygen atoms in total. The summed E-state index contributed by atoms with van der Waals surface area (Å²) in [5.74, 6) is 1.08. The van der Waals surface area contributed by atoms with Gasteiger partial charge in [0.25, 0.3) is 0 Å². The zero-order chi connectivity index (χ0) is 18.7. The predicted octanol–water partition coefficient (Wildman–Crippen LogP) is 3.44. The van der Waals surface area contributed by atoms with Crippen LogP contribution in [0.15, 0.2) is 57.9 Å². The second-order valence-electron chi connectivity index (χ2n) is 5.48. The Morgan fingerprint density at radius 3 is 2.38 bits per heavy atom. The molecule has 3 aromatic rings. The molecule has 0 saturated carbocycles. The summed E-state index contributed by atoms with van der Waals surface area (Å²) in [6.45, 7) is 1.63. The van der Waals surface area contributed by atoms with Gasteiger partial charge in [0.05, 0.1) is 18.0 Å². The Hall–Kier alpha value is -2.42. The van der Waals surface area contributed by atoms with E-state index in [4.69, 9.17) is 20.9 Å². The van der Waals surface area contributed by atoms with Crippen LogP contribution < -0.4 is 9.46 Å². The largest absolute Gasteiger partial charge is 0.497 e. The fourth-order valence-corrected chi connectivity index (χ4v) is 3.56. The van der Waals surface area contributed by atoms with Crippen LogP contribution in [-0.2, 0) is 10.0 Å². The highest BCUT2D eigenvalue weighted by Crippen LogP contribution is 2.22. The van der Waals surface area contributed by atoms with Crippen molar-refractivity contribution in [2.45, 2.75) is 17.9 Å². The van der Waals surface area contributed by atoms with Crippen LogP contribution in [0.1, 0.15) is 18.9 Å². The summed E-state index contributed by atoms with van der Waals surface area (Å²) >= 11 is 5.86. The molecule has 1 heterocycles. The van der Waals surface area contributed by atoms with Gasteiger partial charge in [0, 0.05) is 10.6 Å². The highest BCUT2D eigenvalue weighted by atomic mass is 35.5. The smallest absolute Gasteiger partial charge is 0.244 e. The number of nitrogens with zero attached hydrogens (tertiary/aromatic N) is 2. The molecule has 0 radical (unpaired) electrons. The van der Waals surface area contributed by atoms with Gasteiger partial charge in [0.1, 0.15) is 5.75 Å². The van der Waals surface area contributed by atoms with Gasteiger partial charge in [-0.3, -0.25) is 0 Å². The topological polar surface area (TPSA) is 94.3 Å². The normalized spacial score (nSPS) is 12.7. The lowest BCUT2D eigenvalue weighted by molar-refractivity contribution is 0.354. The Morgan fingerprint density at radius 1 is 1.12 bits per heavy atom. The maximum atomic E-state index is 12.5. The van der Waals surface area contributed by atoms with E-state index >= 15 is 0 Å². The van der Waals surface area contributed by atoms with Crippen molar-refractivity contribution >= 4 is 21.6 Å². The fraction of sp³-hybridized carbons (Fsp3) is 0.176. The van der Waals surface area contributed by atoms with Crippen LogP contribution >= 0.6 is 11.6 Å². The maximum Gasteiger partial charge on any atom is 0.244 e. The molecule has 1 atom stereocenters. The fourth-order valence-electron chi connectivity index (χ4n) is 2.23. The van der Waals surface area contributed by atoms with E-state index in [-0.39, 0.29) is 10.8 Å². The van der Waals surface area contributed by atoms with Crippen LogP contribution in [0.5, 0.6) is 5.75 Å². The number of benzene rings is 2. The standard InChI is InChI=1S/C17H16ClN3O4S/c1-11(21-26(22,23)15-9-7-14(24-2)8-10-15)17-19-16(20-25-17)12-3-5-13(18)6-4-12/h3-11,21H,1-2H3. The molecule has 0 aliphatic heterocycles. The summed E-state index contributed by atoms with van der Waals surface area (Å²) in [5.41, 5.74) is 0.717. The minimum absolute atomic E-state index is 0.114. The second-order valence-corrected chi connectivity index (χ2v) is 7.63. The number of aromatic nitrogens is 2. The minimum atomic E-state index is -3.74.